The summed E-state index contributed by atoms with van der Waals surface area (Å²) >= 11 is 0. The Bertz CT molecular complexity index is 257. The fraction of sp³-hybridized carbons (Fsp3) is 0. The Morgan fingerprint density at radius 2 is 1.82 bits per heavy atom. The van der Waals surface area contributed by atoms with Crippen LogP contribution in [0.2, 0.25) is 0 Å². The van der Waals surface area contributed by atoms with Gasteiger partial charge in [-0.2, -0.15) is 0 Å². The molecule has 0 radical (unpaired) electrons. The molecule has 1 aromatic carbocycles. The van der Waals surface area contributed by atoms with Gasteiger partial charge in [0, 0.05) is 0 Å². The fourth-order valence-electron chi connectivity index (χ4n) is 0.765. The Kier molecular flexibility index (Phi) is 2.50. The van der Waals surface area contributed by atoms with Crippen LogP contribution in [0.25, 0.3) is 6.08 Å². The lowest BCUT2D eigenvalue weighted by Gasteiger charge is -1.91. The van der Waals surface area contributed by atoms with Gasteiger partial charge >= 0.3 is 0 Å². The van der Waals surface area contributed by atoms with Crippen LogP contribution >= 0.6 is 0 Å². The maximum Gasteiger partial charge on any atom is 0.115 e. The molecule has 0 unspecified atom stereocenters. The van der Waals surface area contributed by atoms with E-state index in [1.54, 1.807) is 18.2 Å². The second-order valence-corrected chi connectivity index (χ2v) is 2.19. The van der Waals surface area contributed by atoms with E-state index in [0.717, 1.165) is 5.56 Å². The summed E-state index contributed by atoms with van der Waals surface area (Å²) in [5.74, 6) is 0.292. The summed E-state index contributed by atoms with van der Waals surface area (Å²) in [6, 6.07) is 7.00. The number of aromatic hydroxyl groups is 1. The maximum atomic E-state index is 8.94. The van der Waals surface area contributed by atoms with Gasteiger partial charge in [-0.1, -0.05) is 36.9 Å². The molecule has 0 aliphatic heterocycles. The van der Waals surface area contributed by atoms with Crippen LogP contribution in [0.4, 0.5) is 0 Å². The van der Waals surface area contributed by atoms with Crippen molar-refractivity contribution in [3.8, 4) is 5.75 Å². The van der Waals surface area contributed by atoms with E-state index in [2.05, 4.69) is 6.58 Å². The van der Waals surface area contributed by atoms with Crippen molar-refractivity contribution < 1.29 is 5.11 Å². The lowest BCUT2D eigenvalue weighted by Crippen LogP contribution is -1.68. The highest BCUT2D eigenvalue weighted by molar-refractivity contribution is 5.51. The molecule has 1 nitrogen and oxygen atoms in total. The third-order valence-electron chi connectivity index (χ3n) is 1.32. The van der Waals surface area contributed by atoms with Crippen LogP contribution in [-0.2, 0) is 0 Å². The van der Waals surface area contributed by atoms with Gasteiger partial charge in [0.1, 0.15) is 5.75 Å². The van der Waals surface area contributed by atoms with Crippen LogP contribution in [0.1, 0.15) is 5.56 Å². The molecule has 11 heavy (non-hydrogen) atoms. The number of phenolic OH excluding ortho intramolecular Hbond substituents is 1. The molecule has 56 valence electrons. The highest BCUT2D eigenvalue weighted by Crippen LogP contribution is 2.10. The van der Waals surface area contributed by atoms with Gasteiger partial charge in [-0.25, -0.2) is 0 Å². The Morgan fingerprint density at radius 3 is 2.36 bits per heavy atom. The van der Waals surface area contributed by atoms with E-state index < -0.39 is 0 Å². The Morgan fingerprint density at radius 1 is 1.18 bits per heavy atom. The molecule has 0 heterocycles. The first-order valence-electron chi connectivity index (χ1n) is 3.41. The quantitative estimate of drug-likeness (QED) is 0.636. The third kappa shape index (κ3) is 2.30. The molecule has 0 aromatic heterocycles. The molecule has 0 fully saturated rings. The Hall–Kier alpha value is -1.50. The molecule has 1 N–H and O–H groups in total. The predicted octanol–water partition coefficient (Wildman–Crippen LogP) is 2.59. The zero-order valence-corrected chi connectivity index (χ0v) is 6.20. The first-order valence-corrected chi connectivity index (χ1v) is 3.41. The van der Waals surface area contributed by atoms with Crippen molar-refractivity contribution in [1.29, 1.82) is 0 Å². The maximum absolute atomic E-state index is 8.94. The van der Waals surface area contributed by atoms with Crippen molar-refractivity contribution in [3.05, 3.63) is 48.6 Å². The summed E-state index contributed by atoms with van der Waals surface area (Å²) in [4.78, 5) is 0. The SMILES string of the molecule is C=C/C=C/c1ccc(O)cc1. The number of rotatable bonds is 2. The first-order chi connectivity index (χ1) is 5.33. The van der Waals surface area contributed by atoms with E-state index in [9.17, 15) is 0 Å². The highest BCUT2D eigenvalue weighted by atomic mass is 16.3. The molecule has 0 aliphatic carbocycles. The summed E-state index contributed by atoms with van der Waals surface area (Å²) in [5, 5.41) is 8.94. The van der Waals surface area contributed by atoms with Crippen LogP contribution < -0.4 is 0 Å². The average Bonchev–Trinajstić information content (AvgIpc) is 2.04. The van der Waals surface area contributed by atoms with Gasteiger partial charge in [-0.3, -0.25) is 0 Å². The zero-order valence-electron chi connectivity index (χ0n) is 6.20. The van der Waals surface area contributed by atoms with Gasteiger partial charge in [0.2, 0.25) is 0 Å². The molecule has 0 aliphatic rings. The minimum Gasteiger partial charge on any atom is -0.508 e. The average molecular weight is 146 g/mol. The number of hydrogen-bond acceptors (Lipinski definition) is 1. The van der Waals surface area contributed by atoms with Crippen LogP contribution in [0, 0.1) is 0 Å². The summed E-state index contributed by atoms with van der Waals surface area (Å²) in [6.07, 6.45) is 5.49. The number of hydrogen-bond donors (Lipinski definition) is 1. The lowest BCUT2D eigenvalue weighted by molar-refractivity contribution is 0.475. The zero-order chi connectivity index (χ0) is 8.10. The van der Waals surface area contributed by atoms with Crippen LogP contribution in [0.15, 0.2) is 43.0 Å². The second-order valence-electron chi connectivity index (χ2n) is 2.19. The molecule has 1 aromatic rings. The number of benzene rings is 1. The molecule has 0 amide bonds. The molecular formula is C10H10O. The van der Waals surface area contributed by atoms with Crippen molar-refractivity contribution in [2.75, 3.05) is 0 Å². The van der Waals surface area contributed by atoms with Crippen LogP contribution in [0.5, 0.6) is 5.75 Å². The molecule has 0 saturated carbocycles. The van der Waals surface area contributed by atoms with Gasteiger partial charge in [0.25, 0.3) is 0 Å². The van der Waals surface area contributed by atoms with Gasteiger partial charge in [-0.05, 0) is 17.7 Å². The normalized spacial score (nSPS) is 10.2. The lowest BCUT2D eigenvalue weighted by atomic mass is 10.2. The van der Waals surface area contributed by atoms with Gasteiger partial charge in [0.15, 0.2) is 0 Å². The highest BCUT2D eigenvalue weighted by Gasteiger charge is 1.85. The largest absolute Gasteiger partial charge is 0.508 e. The standard InChI is InChI=1S/C10H10O/c1-2-3-4-9-5-7-10(11)8-6-9/h2-8,11H,1H2/b4-3+. The van der Waals surface area contributed by atoms with E-state index in [1.165, 1.54) is 0 Å². The number of phenols is 1. The van der Waals surface area contributed by atoms with Crippen molar-refractivity contribution in [2.45, 2.75) is 0 Å². The minimum absolute atomic E-state index is 0.292. The summed E-state index contributed by atoms with van der Waals surface area (Å²) in [5.41, 5.74) is 1.06. The molecule has 1 heteroatoms. The summed E-state index contributed by atoms with van der Waals surface area (Å²) < 4.78 is 0. The molecule has 0 atom stereocenters. The van der Waals surface area contributed by atoms with Crippen molar-refractivity contribution in [3.63, 3.8) is 0 Å². The predicted molar refractivity (Wildman–Crippen MR) is 47.3 cm³/mol. The van der Waals surface area contributed by atoms with Crippen molar-refractivity contribution >= 4 is 6.08 Å². The van der Waals surface area contributed by atoms with E-state index in [1.807, 2.05) is 24.3 Å². The van der Waals surface area contributed by atoms with E-state index in [0.29, 0.717) is 5.75 Å². The smallest absolute Gasteiger partial charge is 0.115 e. The molecule has 1 rings (SSSR count). The van der Waals surface area contributed by atoms with Crippen LogP contribution in [0.3, 0.4) is 0 Å². The summed E-state index contributed by atoms with van der Waals surface area (Å²) in [7, 11) is 0. The molecule has 0 spiro atoms. The van der Waals surface area contributed by atoms with Crippen molar-refractivity contribution in [2.24, 2.45) is 0 Å². The van der Waals surface area contributed by atoms with Crippen molar-refractivity contribution in [1.82, 2.24) is 0 Å². The van der Waals surface area contributed by atoms with Gasteiger partial charge < -0.3 is 5.11 Å². The summed E-state index contributed by atoms with van der Waals surface area (Å²) in [6.45, 7) is 3.56. The molecule has 0 saturated heterocycles. The Labute approximate surface area is 66.3 Å². The minimum atomic E-state index is 0.292. The fourth-order valence-corrected chi connectivity index (χ4v) is 0.765. The van der Waals surface area contributed by atoms with Crippen LogP contribution in [-0.4, -0.2) is 5.11 Å². The number of allylic oxidation sites excluding steroid dienone is 2. The monoisotopic (exact) mass is 146 g/mol. The van der Waals surface area contributed by atoms with Gasteiger partial charge in [-0.15, -0.1) is 0 Å². The third-order valence-corrected chi connectivity index (χ3v) is 1.32. The van der Waals surface area contributed by atoms with E-state index >= 15 is 0 Å². The topological polar surface area (TPSA) is 20.2 Å². The molecular weight excluding hydrogens is 136 g/mol. The van der Waals surface area contributed by atoms with Gasteiger partial charge in [0.05, 0.1) is 0 Å². The van der Waals surface area contributed by atoms with E-state index in [-0.39, 0.29) is 0 Å². The van der Waals surface area contributed by atoms with E-state index in [4.69, 9.17) is 5.11 Å². The first kappa shape index (κ1) is 7.61. The molecule has 0 bridgehead atoms. The second kappa shape index (κ2) is 3.62. The Balaban J connectivity index is 2.81.